The van der Waals surface area contributed by atoms with E-state index in [4.69, 9.17) is 0 Å². The van der Waals surface area contributed by atoms with Crippen LogP contribution in [0.2, 0.25) is 0 Å². The average molecular weight is 267 g/mol. The molecule has 20 heavy (non-hydrogen) atoms. The predicted octanol–water partition coefficient (Wildman–Crippen LogP) is 4.77. The maximum Gasteiger partial charge on any atom is 0.0297 e. The molecule has 0 aliphatic rings. The minimum Gasteiger partial charge on any atom is -0.306 e. The third-order valence-electron chi connectivity index (χ3n) is 4.08. The smallest absolute Gasteiger partial charge is 0.0297 e. The summed E-state index contributed by atoms with van der Waals surface area (Å²) in [6.07, 6.45) is 0. The van der Waals surface area contributed by atoms with E-state index >= 15 is 0 Å². The van der Waals surface area contributed by atoms with Crippen LogP contribution in [0.4, 0.5) is 0 Å². The zero-order valence-electron chi connectivity index (χ0n) is 13.2. The van der Waals surface area contributed by atoms with E-state index < -0.39 is 0 Å². The highest BCUT2D eigenvalue weighted by Crippen LogP contribution is 2.19. The zero-order chi connectivity index (χ0) is 14.7. The fourth-order valence-corrected chi connectivity index (χ4v) is 2.52. The quantitative estimate of drug-likeness (QED) is 0.841. The number of hydrogen-bond donors (Lipinski definition) is 1. The Bertz CT molecular complexity index is 599. The summed E-state index contributed by atoms with van der Waals surface area (Å²) in [5, 5.41) is 3.63. The molecule has 0 fully saturated rings. The molecule has 0 spiro atoms. The van der Waals surface area contributed by atoms with Crippen LogP contribution in [0.5, 0.6) is 0 Å². The van der Waals surface area contributed by atoms with Crippen molar-refractivity contribution < 1.29 is 0 Å². The molecular weight excluding hydrogens is 242 g/mol. The van der Waals surface area contributed by atoms with E-state index in [0.717, 1.165) is 6.54 Å². The summed E-state index contributed by atoms with van der Waals surface area (Å²) in [6.45, 7) is 11.8. The Balaban J connectivity index is 2.06. The standard InChI is InChI=1S/C19H25N/c1-13-6-7-15(3)19(10-13)17(5)20-12-18-9-8-14(2)16(4)11-18/h6-11,17,20H,12H2,1-5H3. The van der Waals surface area contributed by atoms with E-state index in [1.54, 1.807) is 0 Å². The lowest BCUT2D eigenvalue weighted by Gasteiger charge is -2.18. The Morgan fingerprint density at radius 1 is 0.850 bits per heavy atom. The van der Waals surface area contributed by atoms with E-state index in [0.29, 0.717) is 6.04 Å². The Hall–Kier alpha value is -1.60. The van der Waals surface area contributed by atoms with Gasteiger partial charge in [0.25, 0.3) is 0 Å². The third kappa shape index (κ3) is 3.49. The highest BCUT2D eigenvalue weighted by Gasteiger charge is 2.08. The molecule has 0 amide bonds. The summed E-state index contributed by atoms with van der Waals surface area (Å²) < 4.78 is 0. The van der Waals surface area contributed by atoms with Gasteiger partial charge in [0.1, 0.15) is 0 Å². The Labute approximate surface area is 123 Å². The van der Waals surface area contributed by atoms with E-state index in [2.05, 4.69) is 76.3 Å². The van der Waals surface area contributed by atoms with Gasteiger partial charge in [-0.15, -0.1) is 0 Å². The van der Waals surface area contributed by atoms with Crippen LogP contribution in [0.3, 0.4) is 0 Å². The molecule has 2 aromatic carbocycles. The van der Waals surface area contributed by atoms with Gasteiger partial charge in [0.05, 0.1) is 0 Å². The Morgan fingerprint density at radius 3 is 2.25 bits per heavy atom. The molecule has 0 saturated heterocycles. The number of benzene rings is 2. The monoisotopic (exact) mass is 267 g/mol. The molecular formula is C19H25N. The minimum atomic E-state index is 0.372. The van der Waals surface area contributed by atoms with Gasteiger partial charge in [0.15, 0.2) is 0 Å². The molecule has 2 aromatic rings. The van der Waals surface area contributed by atoms with Gasteiger partial charge in [-0.05, 0) is 62.4 Å². The largest absolute Gasteiger partial charge is 0.306 e. The molecule has 1 unspecified atom stereocenters. The van der Waals surface area contributed by atoms with Gasteiger partial charge in [0.2, 0.25) is 0 Å². The Kier molecular flexibility index (Phi) is 4.61. The van der Waals surface area contributed by atoms with Crippen LogP contribution in [-0.4, -0.2) is 0 Å². The lowest BCUT2D eigenvalue weighted by Crippen LogP contribution is -2.19. The van der Waals surface area contributed by atoms with Gasteiger partial charge >= 0.3 is 0 Å². The van der Waals surface area contributed by atoms with Crippen LogP contribution in [0, 0.1) is 27.7 Å². The van der Waals surface area contributed by atoms with Crippen molar-refractivity contribution >= 4 is 0 Å². The van der Waals surface area contributed by atoms with Crippen molar-refractivity contribution in [3.05, 3.63) is 69.8 Å². The lowest BCUT2D eigenvalue weighted by molar-refractivity contribution is 0.571. The zero-order valence-corrected chi connectivity index (χ0v) is 13.2. The molecule has 0 heterocycles. The van der Waals surface area contributed by atoms with Crippen molar-refractivity contribution in [1.82, 2.24) is 5.32 Å². The molecule has 1 nitrogen and oxygen atoms in total. The molecule has 1 N–H and O–H groups in total. The van der Waals surface area contributed by atoms with Crippen LogP contribution >= 0.6 is 0 Å². The van der Waals surface area contributed by atoms with E-state index in [-0.39, 0.29) is 0 Å². The summed E-state index contributed by atoms with van der Waals surface area (Å²) in [7, 11) is 0. The van der Waals surface area contributed by atoms with Gasteiger partial charge < -0.3 is 5.32 Å². The van der Waals surface area contributed by atoms with Crippen molar-refractivity contribution in [2.45, 2.75) is 47.2 Å². The first kappa shape index (κ1) is 14.8. The van der Waals surface area contributed by atoms with Crippen molar-refractivity contribution in [3.63, 3.8) is 0 Å². The topological polar surface area (TPSA) is 12.0 Å². The number of rotatable bonds is 4. The van der Waals surface area contributed by atoms with Gasteiger partial charge in [-0.2, -0.15) is 0 Å². The second-order valence-electron chi connectivity index (χ2n) is 5.88. The first-order valence-corrected chi connectivity index (χ1v) is 7.34. The lowest BCUT2D eigenvalue weighted by atomic mass is 9.99. The fourth-order valence-electron chi connectivity index (χ4n) is 2.52. The summed E-state index contributed by atoms with van der Waals surface area (Å²) in [4.78, 5) is 0. The highest BCUT2D eigenvalue weighted by molar-refractivity contribution is 5.33. The van der Waals surface area contributed by atoms with Crippen molar-refractivity contribution in [2.75, 3.05) is 0 Å². The SMILES string of the molecule is Cc1ccc(C)c(C(C)NCc2ccc(C)c(C)c2)c1. The van der Waals surface area contributed by atoms with Crippen LogP contribution in [-0.2, 0) is 6.54 Å². The molecule has 0 aliphatic carbocycles. The summed E-state index contributed by atoms with van der Waals surface area (Å²) in [5.41, 5.74) is 8.15. The van der Waals surface area contributed by atoms with Gasteiger partial charge in [-0.3, -0.25) is 0 Å². The first-order chi connectivity index (χ1) is 9.47. The minimum absolute atomic E-state index is 0.372. The highest BCUT2D eigenvalue weighted by atomic mass is 14.9. The molecule has 0 aliphatic heterocycles. The molecule has 106 valence electrons. The number of nitrogens with one attached hydrogen (secondary N) is 1. The summed E-state index contributed by atoms with van der Waals surface area (Å²) in [5.74, 6) is 0. The second kappa shape index (κ2) is 6.23. The Morgan fingerprint density at radius 2 is 1.55 bits per heavy atom. The van der Waals surface area contributed by atoms with E-state index in [9.17, 15) is 0 Å². The van der Waals surface area contributed by atoms with Gasteiger partial charge in [0, 0.05) is 12.6 Å². The van der Waals surface area contributed by atoms with Crippen LogP contribution in [0.15, 0.2) is 36.4 Å². The first-order valence-electron chi connectivity index (χ1n) is 7.34. The van der Waals surface area contributed by atoms with Crippen LogP contribution in [0.25, 0.3) is 0 Å². The molecule has 2 rings (SSSR count). The maximum absolute atomic E-state index is 3.63. The molecule has 0 radical (unpaired) electrons. The van der Waals surface area contributed by atoms with Crippen molar-refractivity contribution in [1.29, 1.82) is 0 Å². The summed E-state index contributed by atoms with van der Waals surface area (Å²) >= 11 is 0. The molecule has 0 bridgehead atoms. The van der Waals surface area contributed by atoms with E-state index in [1.165, 1.54) is 33.4 Å². The number of hydrogen-bond acceptors (Lipinski definition) is 1. The van der Waals surface area contributed by atoms with Gasteiger partial charge in [-0.25, -0.2) is 0 Å². The van der Waals surface area contributed by atoms with Gasteiger partial charge in [-0.1, -0.05) is 42.0 Å². The third-order valence-corrected chi connectivity index (χ3v) is 4.08. The molecule has 1 heteroatoms. The predicted molar refractivity (Wildman–Crippen MR) is 87.1 cm³/mol. The molecule has 0 aromatic heterocycles. The number of aryl methyl sites for hydroxylation is 4. The molecule has 1 atom stereocenters. The van der Waals surface area contributed by atoms with E-state index in [1.807, 2.05) is 0 Å². The van der Waals surface area contributed by atoms with Crippen molar-refractivity contribution in [3.8, 4) is 0 Å². The normalized spacial score (nSPS) is 12.4. The fraction of sp³-hybridized carbons (Fsp3) is 0.368. The maximum atomic E-state index is 3.63. The average Bonchev–Trinajstić information content (AvgIpc) is 2.42. The summed E-state index contributed by atoms with van der Waals surface area (Å²) in [6, 6.07) is 13.7. The molecule has 0 saturated carbocycles. The second-order valence-corrected chi connectivity index (χ2v) is 5.88. The van der Waals surface area contributed by atoms with Crippen LogP contribution in [0.1, 0.15) is 46.3 Å². The van der Waals surface area contributed by atoms with Crippen molar-refractivity contribution in [2.24, 2.45) is 0 Å². The van der Waals surface area contributed by atoms with Crippen LogP contribution < -0.4 is 5.32 Å².